The maximum atomic E-state index is 14.3. The number of carbonyl (C=O) groups excluding carboxylic acids is 1. The van der Waals surface area contributed by atoms with Crippen LogP contribution in [0.25, 0.3) is 0 Å². The zero-order valence-electron chi connectivity index (χ0n) is 34.3. The number of aliphatic hydroxyl groups excluding tert-OH is 9. The van der Waals surface area contributed by atoms with E-state index in [2.05, 4.69) is 34.6 Å². The van der Waals surface area contributed by atoms with Gasteiger partial charge in [0.15, 0.2) is 12.6 Å². The largest absolute Gasteiger partial charge is 0.394 e. The van der Waals surface area contributed by atoms with E-state index in [9.17, 15) is 50.8 Å². The summed E-state index contributed by atoms with van der Waals surface area (Å²) in [7, 11) is 0. The minimum absolute atomic E-state index is 0.0704. The molecule has 15 heteroatoms. The monoisotopic (exact) mass is 812 g/mol. The number of aliphatic hydroxyl groups is 9. The van der Waals surface area contributed by atoms with E-state index in [0.717, 1.165) is 38.5 Å². The van der Waals surface area contributed by atoms with Crippen LogP contribution in [0.5, 0.6) is 0 Å². The summed E-state index contributed by atoms with van der Waals surface area (Å²) >= 11 is 0. The van der Waals surface area contributed by atoms with Crippen molar-refractivity contribution in [1.29, 1.82) is 0 Å². The van der Waals surface area contributed by atoms with Crippen LogP contribution in [0, 0.1) is 50.7 Å². The first-order chi connectivity index (χ1) is 26.7. The van der Waals surface area contributed by atoms with Gasteiger partial charge in [-0.2, -0.15) is 0 Å². The molecule has 2 spiro atoms. The fourth-order valence-electron chi connectivity index (χ4n) is 14.7. The second-order valence-electron chi connectivity index (χ2n) is 20.9. The average Bonchev–Trinajstić information content (AvgIpc) is 3.66. The quantitative estimate of drug-likeness (QED) is 0.141. The summed E-state index contributed by atoms with van der Waals surface area (Å²) in [6.45, 7) is 11.4. The molecule has 5 saturated carbocycles. The highest BCUT2D eigenvalue weighted by molar-refractivity contribution is 5.86. The smallest absolute Gasteiger partial charge is 0.187 e. The standard InChI is InChI=1S/C42H68O15/c1-19(21-13-26(47)40(6,18-45)57-21)28-20(46)14-39(5)25-8-7-24-37(2,3)27(9-10-41(24)17-42(25,41)12-11-38(28,39)4)55-36-34(32(51)30(49)23(16-44)54-36)56-35-33(52)31(50)29(48)22(15-43)53-35/h19,21-36,43-45,47-52H,7-18H2,1-6H3/t19-,21-,22-,23-,24+,25+,26+,27+,28+,29-,30-,31+,32+,33-,34-,35+,36+,38-,39+,40?,41-,42+/m1/s1. The van der Waals surface area contributed by atoms with Crippen LogP contribution in [0.4, 0.5) is 0 Å². The van der Waals surface area contributed by atoms with Crippen LogP contribution in [0.2, 0.25) is 0 Å². The predicted octanol–water partition coefficient (Wildman–Crippen LogP) is 0.151. The van der Waals surface area contributed by atoms with Crippen molar-refractivity contribution < 1.29 is 74.4 Å². The van der Waals surface area contributed by atoms with Crippen molar-refractivity contribution in [2.75, 3.05) is 19.8 Å². The van der Waals surface area contributed by atoms with Gasteiger partial charge < -0.3 is 69.6 Å². The number of carbonyl (C=O) groups is 1. The summed E-state index contributed by atoms with van der Waals surface area (Å²) in [5.74, 6) is 0.638. The summed E-state index contributed by atoms with van der Waals surface area (Å²) in [5, 5.41) is 94.1. The molecule has 3 aliphatic heterocycles. The van der Waals surface area contributed by atoms with Crippen LogP contribution in [0.3, 0.4) is 0 Å². The van der Waals surface area contributed by atoms with E-state index in [1.54, 1.807) is 6.92 Å². The summed E-state index contributed by atoms with van der Waals surface area (Å²) in [6, 6.07) is 0. The molecule has 0 aromatic heterocycles. The highest BCUT2D eigenvalue weighted by Gasteiger charge is 2.83. The Morgan fingerprint density at radius 3 is 1.96 bits per heavy atom. The van der Waals surface area contributed by atoms with Gasteiger partial charge in [-0.25, -0.2) is 0 Å². The van der Waals surface area contributed by atoms with Crippen LogP contribution in [-0.2, 0) is 28.5 Å². The molecule has 9 N–H and O–H groups in total. The number of Topliss-reactive ketones (excluding diaryl/α,β-unsaturated/α-hetero) is 1. The zero-order valence-corrected chi connectivity index (χ0v) is 34.3. The number of hydrogen-bond acceptors (Lipinski definition) is 15. The zero-order chi connectivity index (χ0) is 41.4. The lowest BCUT2D eigenvalue weighted by Crippen LogP contribution is -2.65. The third-order valence-corrected chi connectivity index (χ3v) is 18.2. The molecule has 8 aliphatic rings. The third-order valence-electron chi connectivity index (χ3n) is 18.2. The van der Waals surface area contributed by atoms with Crippen LogP contribution in [0.1, 0.15) is 99.3 Å². The van der Waals surface area contributed by atoms with E-state index >= 15 is 0 Å². The first kappa shape index (κ1) is 42.8. The molecule has 8 fully saturated rings. The molecule has 5 aliphatic carbocycles. The molecule has 0 bridgehead atoms. The van der Waals surface area contributed by atoms with Gasteiger partial charge in [-0.05, 0) is 96.7 Å². The van der Waals surface area contributed by atoms with E-state index in [4.69, 9.17) is 23.7 Å². The van der Waals surface area contributed by atoms with Crippen molar-refractivity contribution in [1.82, 2.24) is 0 Å². The van der Waals surface area contributed by atoms with Gasteiger partial charge >= 0.3 is 0 Å². The fourth-order valence-corrected chi connectivity index (χ4v) is 14.7. The lowest BCUT2D eigenvalue weighted by atomic mass is 9.41. The van der Waals surface area contributed by atoms with E-state index in [1.165, 1.54) is 0 Å². The van der Waals surface area contributed by atoms with Gasteiger partial charge in [-0.1, -0.05) is 34.6 Å². The molecular weight excluding hydrogens is 744 g/mol. The Hall–Kier alpha value is -0.890. The first-order valence-corrected chi connectivity index (χ1v) is 21.4. The van der Waals surface area contributed by atoms with E-state index in [0.29, 0.717) is 25.2 Å². The van der Waals surface area contributed by atoms with Crippen LogP contribution in [-0.4, -0.2) is 157 Å². The molecule has 3 saturated heterocycles. The lowest BCUT2D eigenvalue weighted by molar-refractivity contribution is -0.377. The number of ketones is 1. The Morgan fingerprint density at radius 2 is 1.33 bits per heavy atom. The Bertz CT molecular complexity index is 1530. The maximum Gasteiger partial charge on any atom is 0.187 e. The molecule has 22 atom stereocenters. The molecule has 326 valence electrons. The van der Waals surface area contributed by atoms with Crippen molar-refractivity contribution in [3.63, 3.8) is 0 Å². The number of fused-ring (bicyclic) bond motifs is 2. The van der Waals surface area contributed by atoms with Crippen LogP contribution < -0.4 is 0 Å². The minimum Gasteiger partial charge on any atom is -0.394 e. The Labute approximate surface area is 335 Å². The molecular formula is C42H68O15. The molecule has 0 aromatic carbocycles. The second-order valence-corrected chi connectivity index (χ2v) is 20.9. The van der Waals surface area contributed by atoms with E-state index < -0.39 is 86.3 Å². The van der Waals surface area contributed by atoms with E-state index in [1.807, 2.05) is 0 Å². The van der Waals surface area contributed by atoms with Crippen molar-refractivity contribution >= 4 is 5.78 Å². The lowest BCUT2D eigenvalue weighted by Gasteiger charge is -2.63. The molecule has 0 amide bonds. The highest BCUT2D eigenvalue weighted by Crippen LogP contribution is 2.89. The summed E-state index contributed by atoms with van der Waals surface area (Å²) in [6.07, 6.45) is -9.12. The fraction of sp³-hybridized carbons (Fsp3) is 0.976. The Balaban J connectivity index is 1.01. The molecule has 3 heterocycles. The predicted molar refractivity (Wildman–Crippen MR) is 199 cm³/mol. The van der Waals surface area contributed by atoms with Crippen molar-refractivity contribution in [2.24, 2.45) is 50.7 Å². The summed E-state index contributed by atoms with van der Waals surface area (Å²) in [5.41, 5.74) is -1.69. The van der Waals surface area contributed by atoms with E-state index in [-0.39, 0.29) is 69.4 Å². The Kier molecular flexibility index (Phi) is 10.8. The van der Waals surface area contributed by atoms with Crippen molar-refractivity contribution in [2.45, 2.75) is 185 Å². The molecule has 1 unspecified atom stereocenters. The topological polar surface area (TPSA) is 245 Å². The number of ether oxygens (including phenoxy) is 5. The molecule has 8 rings (SSSR count). The van der Waals surface area contributed by atoms with Gasteiger partial charge in [0.05, 0.1) is 38.1 Å². The van der Waals surface area contributed by atoms with Crippen molar-refractivity contribution in [3.8, 4) is 0 Å². The van der Waals surface area contributed by atoms with Crippen LogP contribution in [0.15, 0.2) is 0 Å². The maximum absolute atomic E-state index is 14.3. The first-order valence-electron chi connectivity index (χ1n) is 21.4. The minimum atomic E-state index is -1.76. The average molecular weight is 813 g/mol. The number of hydrogen-bond donors (Lipinski definition) is 9. The summed E-state index contributed by atoms with van der Waals surface area (Å²) in [4.78, 5) is 14.3. The third kappa shape index (κ3) is 5.92. The highest BCUT2D eigenvalue weighted by atomic mass is 16.8. The summed E-state index contributed by atoms with van der Waals surface area (Å²) < 4.78 is 30.7. The SMILES string of the molecule is C[C@@H]([C@H]1C(=O)C[C@@]2(C)[C@@H]3CC[C@H]4C(C)(C)[C@@H](O[C@@H]5O[C@H](CO)[C@@H](O)[C@H](O)[C@H]5O[C@@H]5O[C@H](CO)[C@@H](O)[C@H](O)[C@H]5O)CC[C@@]45C[C@@]35CC[C@]12C)[C@H]1C[C@H](O)C(C)(CO)O1. The van der Waals surface area contributed by atoms with Gasteiger partial charge in [-0.3, -0.25) is 4.79 Å². The van der Waals surface area contributed by atoms with Crippen LogP contribution >= 0.6 is 0 Å². The van der Waals surface area contributed by atoms with Crippen molar-refractivity contribution in [3.05, 3.63) is 0 Å². The normalized spacial score (nSPS) is 57.4. The van der Waals surface area contributed by atoms with Gasteiger partial charge in [-0.15, -0.1) is 0 Å². The number of rotatable bonds is 9. The molecule has 0 radical (unpaired) electrons. The van der Waals surface area contributed by atoms with Gasteiger partial charge in [0.2, 0.25) is 0 Å². The molecule has 15 nitrogen and oxygen atoms in total. The second kappa shape index (κ2) is 14.3. The molecule has 0 aromatic rings. The molecule has 57 heavy (non-hydrogen) atoms. The van der Waals surface area contributed by atoms with Gasteiger partial charge in [0, 0.05) is 18.8 Å². The van der Waals surface area contributed by atoms with Gasteiger partial charge in [0.1, 0.15) is 60.2 Å². The van der Waals surface area contributed by atoms with Gasteiger partial charge in [0.25, 0.3) is 0 Å². The Morgan fingerprint density at radius 1 is 0.719 bits per heavy atom.